The molecule has 3 aromatic rings. The zero-order valence-corrected chi connectivity index (χ0v) is 17.1. The van der Waals surface area contributed by atoms with E-state index in [2.05, 4.69) is 38.4 Å². The van der Waals surface area contributed by atoms with E-state index in [0.29, 0.717) is 0 Å². The van der Waals surface area contributed by atoms with E-state index in [1.165, 1.54) is 5.56 Å². The molecule has 0 unspecified atom stereocenters. The van der Waals surface area contributed by atoms with Gasteiger partial charge in [0.15, 0.2) is 0 Å². The minimum atomic E-state index is -1.82. The van der Waals surface area contributed by atoms with Crippen LogP contribution in [0.25, 0.3) is 11.3 Å². The Morgan fingerprint density at radius 2 is 1.79 bits per heavy atom. The number of aliphatic carboxylic acids is 2. The van der Waals surface area contributed by atoms with Crippen LogP contribution in [0.1, 0.15) is 5.56 Å². The third-order valence-electron chi connectivity index (χ3n) is 3.65. The topological polar surface area (TPSA) is 104 Å². The molecule has 146 valence electrons. The van der Waals surface area contributed by atoms with Gasteiger partial charge in [-0.15, -0.1) is 0 Å². The second-order valence-corrected chi connectivity index (χ2v) is 6.98. The number of benzene rings is 2. The fourth-order valence-electron chi connectivity index (χ4n) is 2.29. The molecule has 0 spiro atoms. The highest BCUT2D eigenvalue weighted by Gasteiger charge is 2.08. The van der Waals surface area contributed by atoms with Crippen LogP contribution < -0.4 is 5.32 Å². The van der Waals surface area contributed by atoms with Crippen LogP contribution in [0.15, 0.2) is 59.2 Å². The van der Waals surface area contributed by atoms with Crippen molar-refractivity contribution in [3.8, 4) is 11.3 Å². The molecule has 0 amide bonds. The Morgan fingerprint density at radius 1 is 1.14 bits per heavy atom. The first-order valence-electron chi connectivity index (χ1n) is 8.00. The van der Waals surface area contributed by atoms with Crippen molar-refractivity contribution >= 4 is 45.4 Å². The van der Waals surface area contributed by atoms with Crippen LogP contribution in [-0.4, -0.2) is 31.7 Å². The molecule has 7 nitrogen and oxygen atoms in total. The lowest BCUT2D eigenvalue weighted by molar-refractivity contribution is -0.159. The number of aromatic nitrogens is 2. The van der Waals surface area contributed by atoms with Crippen LogP contribution in [0.4, 0.5) is 5.95 Å². The molecular weight excluding hydrogens is 450 g/mol. The lowest BCUT2D eigenvalue weighted by atomic mass is 10.2. The van der Waals surface area contributed by atoms with Gasteiger partial charge in [0.05, 0.1) is 11.9 Å². The van der Waals surface area contributed by atoms with Crippen molar-refractivity contribution in [2.24, 2.45) is 7.05 Å². The van der Waals surface area contributed by atoms with E-state index in [0.717, 1.165) is 33.2 Å². The summed E-state index contributed by atoms with van der Waals surface area (Å²) in [5, 5.41) is 18.9. The number of hydrogen-bond acceptors (Lipinski definition) is 4. The second-order valence-electron chi connectivity index (χ2n) is 5.63. The Labute approximate surface area is 174 Å². The van der Waals surface area contributed by atoms with Gasteiger partial charge < -0.3 is 20.1 Å². The molecule has 2 aromatic carbocycles. The molecule has 0 radical (unpaired) electrons. The lowest BCUT2D eigenvalue weighted by Gasteiger charge is -2.09. The summed E-state index contributed by atoms with van der Waals surface area (Å²) >= 11 is 9.42. The highest BCUT2D eigenvalue weighted by atomic mass is 79.9. The maximum Gasteiger partial charge on any atom is 0.414 e. The zero-order valence-electron chi connectivity index (χ0n) is 14.8. The Kier molecular flexibility index (Phi) is 7.60. The number of halogens is 2. The van der Waals surface area contributed by atoms with Crippen LogP contribution >= 0.6 is 27.5 Å². The van der Waals surface area contributed by atoms with Crippen LogP contribution in [0.3, 0.4) is 0 Å². The SMILES string of the molecule is Cn1c(-c2ccc(Cl)cc2)cnc1NCc1cccc(Br)c1.O=C(O)C(=O)O. The van der Waals surface area contributed by atoms with E-state index < -0.39 is 11.9 Å². The van der Waals surface area contributed by atoms with Gasteiger partial charge in [-0.25, -0.2) is 14.6 Å². The van der Waals surface area contributed by atoms with Crippen molar-refractivity contribution in [3.63, 3.8) is 0 Å². The van der Waals surface area contributed by atoms with E-state index >= 15 is 0 Å². The summed E-state index contributed by atoms with van der Waals surface area (Å²) in [5.41, 5.74) is 3.34. The van der Waals surface area contributed by atoms with Crippen LogP contribution in [0.2, 0.25) is 5.02 Å². The van der Waals surface area contributed by atoms with Crippen molar-refractivity contribution in [3.05, 3.63) is 69.8 Å². The van der Waals surface area contributed by atoms with Gasteiger partial charge in [0.1, 0.15) is 0 Å². The van der Waals surface area contributed by atoms with Crippen molar-refractivity contribution in [2.75, 3.05) is 5.32 Å². The molecule has 9 heteroatoms. The monoisotopic (exact) mass is 465 g/mol. The molecule has 0 fully saturated rings. The van der Waals surface area contributed by atoms with Crippen molar-refractivity contribution in [1.29, 1.82) is 0 Å². The minimum Gasteiger partial charge on any atom is -0.473 e. The first kappa shape index (κ1) is 21.5. The van der Waals surface area contributed by atoms with E-state index in [-0.39, 0.29) is 0 Å². The lowest BCUT2D eigenvalue weighted by Crippen LogP contribution is -2.09. The molecule has 28 heavy (non-hydrogen) atoms. The number of carboxylic acid groups (broad SMARTS) is 2. The predicted octanol–water partition coefficient (Wildman–Crippen LogP) is 4.27. The first-order valence-corrected chi connectivity index (χ1v) is 9.17. The third-order valence-corrected chi connectivity index (χ3v) is 4.40. The number of carboxylic acids is 2. The van der Waals surface area contributed by atoms with Crippen molar-refractivity contribution < 1.29 is 19.8 Å². The molecule has 3 rings (SSSR count). The van der Waals surface area contributed by atoms with Gasteiger partial charge in [0.25, 0.3) is 0 Å². The summed E-state index contributed by atoms with van der Waals surface area (Å²) in [5.74, 6) is -2.81. The molecule has 3 N–H and O–H groups in total. The van der Waals surface area contributed by atoms with Gasteiger partial charge >= 0.3 is 11.9 Å². The molecular formula is C19H17BrClN3O4. The summed E-state index contributed by atoms with van der Waals surface area (Å²) < 4.78 is 3.12. The van der Waals surface area contributed by atoms with E-state index in [4.69, 9.17) is 31.4 Å². The minimum absolute atomic E-state index is 0.727. The molecule has 0 aliphatic carbocycles. The van der Waals surface area contributed by atoms with Gasteiger partial charge in [-0.2, -0.15) is 0 Å². The number of carbonyl (C=O) groups is 2. The van der Waals surface area contributed by atoms with Gasteiger partial charge in [0.2, 0.25) is 5.95 Å². The highest BCUT2D eigenvalue weighted by Crippen LogP contribution is 2.24. The molecule has 0 bridgehead atoms. The average molecular weight is 467 g/mol. The number of rotatable bonds is 4. The fraction of sp³-hybridized carbons (Fsp3) is 0.105. The summed E-state index contributed by atoms with van der Waals surface area (Å²) in [6.45, 7) is 0.727. The molecule has 0 aliphatic rings. The standard InChI is InChI=1S/C17H15BrClN3.C2H2O4/c1-22-16(13-5-7-15(19)8-6-13)11-21-17(22)20-10-12-3-2-4-14(18)9-12;3-1(4)2(5)6/h2-9,11H,10H2,1H3,(H,20,21);(H,3,4)(H,5,6). The second kappa shape index (κ2) is 9.91. The van der Waals surface area contributed by atoms with Gasteiger partial charge in [-0.1, -0.05) is 51.8 Å². The molecule has 0 saturated carbocycles. The van der Waals surface area contributed by atoms with Crippen molar-refractivity contribution in [1.82, 2.24) is 9.55 Å². The average Bonchev–Trinajstić information content (AvgIpc) is 3.02. The van der Waals surface area contributed by atoms with Gasteiger partial charge in [0, 0.05) is 23.1 Å². The van der Waals surface area contributed by atoms with E-state index in [1.54, 1.807) is 0 Å². The zero-order chi connectivity index (χ0) is 20.7. The Morgan fingerprint density at radius 3 is 2.36 bits per heavy atom. The molecule has 1 aromatic heterocycles. The van der Waals surface area contributed by atoms with Gasteiger partial charge in [-0.05, 0) is 35.4 Å². The summed E-state index contributed by atoms with van der Waals surface area (Å²) in [6, 6.07) is 16.0. The summed E-state index contributed by atoms with van der Waals surface area (Å²) in [4.78, 5) is 22.7. The molecule has 0 atom stereocenters. The Balaban J connectivity index is 0.000000409. The summed E-state index contributed by atoms with van der Waals surface area (Å²) in [7, 11) is 2.00. The number of nitrogens with zero attached hydrogens (tertiary/aromatic N) is 2. The van der Waals surface area contributed by atoms with Crippen LogP contribution in [0.5, 0.6) is 0 Å². The number of imidazole rings is 1. The quantitative estimate of drug-likeness (QED) is 0.496. The number of nitrogens with one attached hydrogen (secondary N) is 1. The van der Waals surface area contributed by atoms with E-state index in [1.807, 2.05) is 54.2 Å². The molecule has 1 heterocycles. The Bertz CT molecular complexity index is 962. The largest absolute Gasteiger partial charge is 0.473 e. The fourth-order valence-corrected chi connectivity index (χ4v) is 2.86. The van der Waals surface area contributed by atoms with Crippen LogP contribution in [-0.2, 0) is 23.2 Å². The number of hydrogen-bond donors (Lipinski definition) is 3. The summed E-state index contributed by atoms with van der Waals surface area (Å²) in [6.07, 6.45) is 1.87. The highest BCUT2D eigenvalue weighted by molar-refractivity contribution is 9.10. The molecule has 0 aliphatic heterocycles. The van der Waals surface area contributed by atoms with Crippen molar-refractivity contribution in [2.45, 2.75) is 6.54 Å². The maximum atomic E-state index is 9.10. The van der Waals surface area contributed by atoms with E-state index in [9.17, 15) is 0 Å². The smallest absolute Gasteiger partial charge is 0.414 e. The van der Waals surface area contributed by atoms with Gasteiger partial charge in [-0.3, -0.25) is 0 Å². The maximum absolute atomic E-state index is 9.10. The Hall–Kier alpha value is -2.84. The normalized spacial score (nSPS) is 9.96. The predicted molar refractivity (Wildman–Crippen MR) is 110 cm³/mol. The first-order chi connectivity index (χ1) is 13.3. The molecule has 0 saturated heterocycles. The van der Waals surface area contributed by atoms with Crippen LogP contribution in [0, 0.1) is 0 Å². The third kappa shape index (κ3) is 6.11. The number of anilines is 1.